The minimum absolute atomic E-state index is 0.0328. The molecule has 1 aromatic rings. The maximum atomic E-state index is 11.6. The van der Waals surface area contributed by atoms with E-state index >= 15 is 0 Å². The molecule has 5 nitrogen and oxygen atoms in total. The van der Waals surface area contributed by atoms with E-state index in [-0.39, 0.29) is 12.5 Å². The van der Waals surface area contributed by atoms with Crippen LogP contribution in [0, 0.1) is 0 Å². The van der Waals surface area contributed by atoms with E-state index in [9.17, 15) is 4.79 Å². The summed E-state index contributed by atoms with van der Waals surface area (Å²) in [6, 6.07) is 10.4. The number of hydrogen-bond donors (Lipinski definition) is 2. The van der Waals surface area contributed by atoms with E-state index in [1.165, 1.54) is 11.1 Å². The van der Waals surface area contributed by atoms with Crippen molar-refractivity contribution in [3.8, 4) is 0 Å². The van der Waals surface area contributed by atoms with Crippen LogP contribution in [0.5, 0.6) is 0 Å². The van der Waals surface area contributed by atoms with Gasteiger partial charge in [-0.1, -0.05) is 42.0 Å². The number of nitrogens with one attached hydrogen (secondary N) is 2. The van der Waals surface area contributed by atoms with Gasteiger partial charge in [0.25, 0.3) is 0 Å². The Labute approximate surface area is 144 Å². The highest BCUT2D eigenvalue weighted by Gasteiger charge is 2.17. The first-order valence-corrected chi connectivity index (χ1v) is 8.77. The molecule has 0 atom stereocenters. The molecule has 1 amide bonds. The van der Waals surface area contributed by atoms with Gasteiger partial charge >= 0.3 is 0 Å². The molecular formula is C19H28N4O. The number of rotatable bonds is 5. The second-order valence-corrected chi connectivity index (χ2v) is 5.82. The third kappa shape index (κ3) is 5.72. The molecule has 1 aliphatic heterocycles. The fraction of sp³-hybridized carbons (Fsp3) is 0.474. The summed E-state index contributed by atoms with van der Waals surface area (Å²) in [5, 5.41) is 6.07. The van der Waals surface area contributed by atoms with Crippen LogP contribution in [0.2, 0.25) is 0 Å². The Hall–Kier alpha value is -2.30. The van der Waals surface area contributed by atoms with E-state index in [0.717, 1.165) is 38.4 Å². The third-order valence-corrected chi connectivity index (χ3v) is 3.96. The van der Waals surface area contributed by atoms with Crippen LogP contribution in [-0.4, -0.2) is 49.5 Å². The van der Waals surface area contributed by atoms with Crippen LogP contribution in [0.1, 0.15) is 32.3 Å². The number of benzene rings is 1. The third-order valence-electron chi connectivity index (χ3n) is 3.96. The molecule has 0 radical (unpaired) electrons. The van der Waals surface area contributed by atoms with E-state index in [4.69, 9.17) is 0 Å². The molecule has 0 bridgehead atoms. The molecule has 1 aliphatic rings. The van der Waals surface area contributed by atoms with Crippen molar-refractivity contribution in [1.82, 2.24) is 15.5 Å². The first-order valence-electron chi connectivity index (χ1n) is 8.77. The molecule has 0 spiro atoms. The van der Waals surface area contributed by atoms with Crippen LogP contribution >= 0.6 is 0 Å². The quantitative estimate of drug-likeness (QED) is 0.644. The van der Waals surface area contributed by atoms with Gasteiger partial charge in [-0.25, -0.2) is 4.99 Å². The first-order chi connectivity index (χ1) is 11.7. The average molecular weight is 328 g/mol. The molecule has 0 aromatic heterocycles. The molecule has 1 saturated heterocycles. The monoisotopic (exact) mass is 328 g/mol. The van der Waals surface area contributed by atoms with Crippen LogP contribution in [0.4, 0.5) is 0 Å². The van der Waals surface area contributed by atoms with Gasteiger partial charge in [-0.05, 0) is 32.3 Å². The van der Waals surface area contributed by atoms with Gasteiger partial charge in [0.2, 0.25) is 5.91 Å². The summed E-state index contributed by atoms with van der Waals surface area (Å²) in [5.74, 6) is 0.803. The maximum absolute atomic E-state index is 11.6. The number of amides is 1. The van der Waals surface area contributed by atoms with Gasteiger partial charge in [-0.3, -0.25) is 4.79 Å². The number of aliphatic imine (C=N–C) groups is 1. The zero-order valence-electron chi connectivity index (χ0n) is 14.7. The predicted octanol–water partition coefficient (Wildman–Crippen LogP) is 2.27. The van der Waals surface area contributed by atoms with Gasteiger partial charge in [-0.15, -0.1) is 0 Å². The summed E-state index contributed by atoms with van der Waals surface area (Å²) in [4.78, 5) is 18.3. The highest BCUT2D eigenvalue weighted by molar-refractivity contribution is 5.85. The molecule has 2 N–H and O–H groups in total. The molecule has 2 rings (SSSR count). The van der Waals surface area contributed by atoms with Gasteiger partial charge in [0.15, 0.2) is 5.96 Å². The second-order valence-electron chi connectivity index (χ2n) is 5.82. The lowest BCUT2D eigenvalue weighted by Gasteiger charge is -2.31. The molecule has 5 heteroatoms. The molecule has 24 heavy (non-hydrogen) atoms. The lowest BCUT2D eigenvalue weighted by atomic mass is 10.0. The van der Waals surface area contributed by atoms with Crippen LogP contribution in [0.25, 0.3) is 6.08 Å². The summed E-state index contributed by atoms with van der Waals surface area (Å²) >= 11 is 0. The second kappa shape index (κ2) is 9.75. The summed E-state index contributed by atoms with van der Waals surface area (Å²) < 4.78 is 0. The Morgan fingerprint density at radius 3 is 2.42 bits per heavy atom. The van der Waals surface area contributed by atoms with E-state index < -0.39 is 0 Å². The van der Waals surface area contributed by atoms with Crippen molar-refractivity contribution >= 4 is 17.9 Å². The SMILES string of the molecule is CCNC(=O)CN=C(NCC)N1CCC(=Cc2ccccc2)CC1. The summed E-state index contributed by atoms with van der Waals surface area (Å²) in [6.07, 6.45) is 4.34. The summed E-state index contributed by atoms with van der Waals surface area (Å²) in [6.45, 7) is 7.45. The van der Waals surface area contributed by atoms with E-state index in [1.807, 2.05) is 19.9 Å². The molecule has 1 aromatic carbocycles. The van der Waals surface area contributed by atoms with Gasteiger partial charge in [0, 0.05) is 26.2 Å². The van der Waals surface area contributed by atoms with Crippen molar-refractivity contribution < 1.29 is 4.79 Å². The summed E-state index contributed by atoms with van der Waals surface area (Å²) in [5.41, 5.74) is 2.73. The highest BCUT2D eigenvalue weighted by atomic mass is 16.1. The Balaban J connectivity index is 1.93. The largest absolute Gasteiger partial charge is 0.357 e. The van der Waals surface area contributed by atoms with Crippen LogP contribution in [0.3, 0.4) is 0 Å². The Bertz CT molecular complexity index is 570. The molecule has 0 aliphatic carbocycles. The molecule has 1 fully saturated rings. The topological polar surface area (TPSA) is 56.7 Å². The van der Waals surface area contributed by atoms with E-state index in [1.54, 1.807) is 0 Å². The van der Waals surface area contributed by atoms with Crippen molar-refractivity contribution in [2.75, 3.05) is 32.7 Å². The van der Waals surface area contributed by atoms with Crippen LogP contribution in [-0.2, 0) is 4.79 Å². The van der Waals surface area contributed by atoms with Crippen molar-refractivity contribution in [1.29, 1.82) is 0 Å². The number of likely N-dealkylation sites (tertiary alicyclic amines) is 1. The molecule has 130 valence electrons. The van der Waals surface area contributed by atoms with Crippen molar-refractivity contribution in [2.45, 2.75) is 26.7 Å². The molecular weight excluding hydrogens is 300 g/mol. The Morgan fingerprint density at radius 2 is 1.79 bits per heavy atom. The van der Waals surface area contributed by atoms with Gasteiger partial charge < -0.3 is 15.5 Å². The highest BCUT2D eigenvalue weighted by Crippen LogP contribution is 2.19. The summed E-state index contributed by atoms with van der Waals surface area (Å²) in [7, 11) is 0. The van der Waals surface area contributed by atoms with E-state index in [2.05, 4.69) is 50.9 Å². The smallest absolute Gasteiger partial charge is 0.241 e. The van der Waals surface area contributed by atoms with Crippen LogP contribution < -0.4 is 10.6 Å². The Morgan fingerprint density at radius 1 is 1.12 bits per heavy atom. The number of piperidine rings is 1. The van der Waals surface area contributed by atoms with Gasteiger partial charge in [0.05, 0.1) is 0 Å². The lowest BCUT2D eigenvalue weighted by molar-refractivity contribution is -0.119. The Kier molecular flexibility index (Phi) is 7.33. The minimum atomic E-state index is -0.0328. The fourth-order valence-corrected chi connectivity index (χ4v) is 2.76. The number of carbonyl (C=O) groups excluding carboxylic acids is 1. The average Bonchev–Trinajstić information content (AvgIpc) is 2.60. The zero-order valence-corrected chi connectivity index (χ0v) is 14.7. The standard InChI is InChI=1S/C19H28N4O/c1-3-20-18(24)15-22-19(21-4-2)23-12-10-17(11-13-23)14-16-8-6-5-7-9-16/h5-9,14H,3-4,10-13,15H2,1-2H3,(H,20,24)(H,21,22). The van der Waals surface area contributed by atoms with Crippen molar-refractivity contribution in [3.05, 3.63) is 41.5 Å². The number of nitrogens with zero attached hydrogens (tertiary/aromatic N) is 2. The number of hydrogen-bond acceptors (Lipinski definition) is 2. The predicted molar refractivity (Wildman–Crippen MR) is 99.9 cm³/mol. The minimum Gasteiger partial charge on any atom is -0.357 e. The van der Waals surface area contributed by atoms with Crippen molar-refractivity contribution in [2.24, 2.45) is 4.99 Å². The zero-order chi connectivity index (χ0) is 17.2. The molecule has 0 saturated carbocycles. The fourth-order valence-electron chi connectivity index (χ4n) is 2.76. The number of likely N-dealkylation sites (N-methyl/N-ethyl adjacent to an activating group) is 1. The molecule has 1 heterocycles. The van der Waals surface area contributed by atoms with Gasteiger partial charge in [0.1, 0.15) is 6.54 Å². The lowest BCUT2D eigenvalue weighted by Crippen LogP contribution is -2.45. The number of carbonyl (C=O) groups is 1. The molecule has 0 unspecified atom stereocenters. The van der Waals surface area contributed by atoms with Crippen molar-refractivity contribution in [3.63, 3.8) is 0 Å². The van der Waals surface area contributed by atoms with E-state index in [0.29, 0.717) is 6.54 Å². The van der Waals surface area contributed by atoms with Gasteiger partial charge in [-0.2, -0.15) is 0 Å². The van der Waals surface area contributed by atoms with Crippen LogP contribution in [0.15, 0.2) is 40.9 Å². The normalized spacial score (nSPS) is 15.2. The first kappa shape index (κ1) is 18.0. The maximum Gasteiger partial charge on any atom is 0.241 e. The number of guanidine groups is 1.